The number of hydrogen-bond acceptors (Lipinski definition) is 6. The van der Waals surface area contributed by atoms with Gasteiger partial charge in [-0.3, -0.25) is 19.3 Å². The van der Waals surface area contributed by atoms with Gasteiger partial charge in [0.05, 0.1) is 23.8 Å². The summed E-state index contributed by atoms with van der Waals surface area (Å²) in [6, 6.07) is 10.7. The van der Waals surface area contributed by atoms with Crippen molar-refractivity contribution in [3.8, 4) is 0 Å². The Morgan fingerprint density at radius 1 is 1.07 bits per heavy atom. The maximum Gasteiger partial charge on any atom is 0.261 e. The summed E-state index contributed by atoms with van der Waals surface area (Å²) in [6.07, 6.45) is 1.36. The van der Waals surface area contributed by atoms with E-state index >= 15 is 0 Å². The molecule has 1 fully saturated rings. The summed E-state index contributed by atoms with van der Waals surface area (Å²) in [6.45, 7) is 0.846. The van der Waals surface area contributed by atoms with Gasteiger partial charge in [0.15, 0.2) is 0 Å². The van der Waals surface area contributed by atoms with Crippen molar-refractivity contribution in [3.63, 3.8) is 0 Å². The van der Waals surface area contributed by atoms with Crippen LogP contribution >= 0.6 is 0 Å². The number of amides is 3. The summed E-state index contributed by atoms with van der Waals surface area (Å²) < 4.78 is 5.52. The van der Waals surface area contributed by atoms with E-state index < -0.39 is 17.8 Å². The van der Waals surface area contributed by atoms with Crippen molar-refractivity contribution >= 4 is 29.4 Å². The van der Waals surface area contributed by atoms with Gasteiger partial charge in [-0.05, 0) is 48.7 Å². The molecule has 1 saturated heterocycles. The molecule has 0 spiro atoms. The van der Waals surface area contributed by atoms with E-state index in [1.54, 1.807) is 24.3 Å². The molecule has 2 aromatic carbocycles. The highest BCUT2D eigenvalue weighted by Gasteiger charge is 2.37. The molecular weight excluding hydrogens is 388 g/mol. The molecule has 0 radical (unpaired) electrons. The summed E-state index contributed by atoms with van der Waals surface area (Å²) in [7, 11) is 0. The third kappa shape index (κ3) is 3.95. The number of aliphatic carboxylic acids is 1. The monoisotopic (exact) mass is 407 g/mol. The van der Waals surface area contributed by atoms with Gasteiger partial charge in [0.2, 0.25) is 0 Å². The third-order valence-corrected chi connectivity index (χ3v) is 5.20. The number of carbonyl (C=O) groups is 4. The van der Waals surface area contributed by atoms with Gasteiger partial charge in [0.25, 0.3) is 17.7 Å². The fourth-order valence-electron chi connectivity index (χ4n) is 3.67. The zero-order chi connectivity index (χ0) is 21.3. The molecule has 3 amide bonds. The van der Waals surface area contributed by atoms with Gasteiger partial charge in [-0.15, -0.1) is 0 Å². The Hall–Kier alpha value is -3.52. The van der Waals surface area contributed by atoms with Crippen LogP contribution in [0.25, 0.3) is 0 Å². The molecule has 0 aromatic heterocycles. The van der Waals surface area contributed by atoms with E-state index in [4.69, 9.17) is 4.74 Å². The predicted octanol–water partition coefficient (Wildman–Crippen LogP) is 1.01. The molecule has 2 aliphatic heterocycles. The Kier molecular flexibility index (Phi) is 5.33. The first kappa shape index (κ1) is 19.8. The summed E-state index contributed by atoms with van der Waals surface area (Å²) in [5.74, 6) is -2.42. The van der Waals surface area contributed by atoms with E-state index in [1.807, 2.05) is 0 Å². The van der Waals surface area contributed by atoms with Gasteiger partial charge in [0, 0.05) is 30.2 Å². The molecule has 0 unspecified atom stereocenters. The van der Waals surface area contributed by atoms with E-state index in [9.17, 15) is 24.3 Å². The van der Waals surface area contributed by atoms with Crippen molar-refractivity contribution in [1.82, 2.24) is 4.90 Å². The zero-order valence-electron chi connectivity index (χ0n) is 16.1. The minimum Gasteiger partial charge on any atom is -0.550 e. The number of nitrogens with one attached hydrogen (secondary N) is 1. The van der Waals surface area contributed by atoms with Crippen LogP contribution in [0.15, 0.2) is 42.5 Å². The van der Waals surface area contributed by atoms with Crippen molar-refractivity contribution in [2.45, 2.75) is 25.4 Å². The van der Waals surface area contributed by atoms with Crippen LogP contribution in [0.1, 0.15) is 49.5 Å². The average Bonchev–Trinajstić information content (AvgIpc) is 3.32. The fraction of sp³-hybridized carbons (Fsp3) is 0.273. The summed E-state index contributed by atoms with van der Waals surface area (Å²) in [5.41, 5.74) is 1.76. The third-order valence-electron chi connectivity index (χ3n) is 5.20. The van der Waals surface area contributed by atoms with Crippen LogP contribution in [0.3, 0.4) is 0 Å². The quantitative estimate of drug-likeness (QED) is 0.715. The SMILES string of the molecule is O=C([O-])Cc1ccc(NC(=O)c2ccc3c(c2)C(=O)N(C[C@@H]2CCCO2)C3=O)cc1. The fourth-order valence-corrected chi connectivity index (χ4v) is 3.67. The maximum atomic E-state index is 12.7. The van der Waals surface area contributed by atoms with Gasteiger partial charge >= 0.3 is 0 Å². The van der Waals surface area contributed by atoms with Crippen LogP contribution in [0, 0.1) is 0 Å². The first-order chi connectivity index (χ1) is 14.4. The van der Waals surface area contributed by atoms with E-state index in [-0.39, 0.29) is 41.7 Å². The second-order valence-corrected chi connectivity index (χ2v) is 7.32. The Balaban J connectivity index is 1.47. The number of nitrogens with zero attached hydrogens (tertiary/aromatic N) is 1. The van der Waals surface area contributed by atoms with Crippen molar-refractivity contribution in [3.05, 3.63) is 64.7 Å². The summed E-state index contributed by atoms with van der Waals surface area (Å²) >= 11 is 0. The first-order valence-corrected chi connectivity index (χ1v) is 9.64. The lowest BCUT2D eigenvalue weighted by Gasteiger charge is -2.17. The van der Waals surface area contributed by atoms with E-state index in [0.29, 0.717) is 17.9 Å². The second-order valence-electron chi connectivity index (χ2n) is 7.32. The summed E-state index contributed by atoms with van der Waals surface area (Å²) in [5, 5.41) is 13.3. The second kappa shape index (κ2) is 8.08. The lowest BCUT2D eigenvalue weighted by Crippen LogP contribution is -2.36. The van der Waals surface area contributed by atoms with Crippen molar-refractivity contribution in [2.75, 3.05) is 18.5 Å². The molecule has 8 nitrogen and oxygen atoms in total. The highest BCUT2D eigenvalue weighted by Crippen LogP contribution is 2.26. The number of rotatable bonds is 6. The Morgan fingerprint density at radius 3 is 2.47 bits per heavy atom. The van der Waals surface area contributed by atoms with Crippen molar-refractivity contribution in [2.24, 2.45) is 0 Å². The molecule has 2 aliphatic rings. The van der Waals surface area contributed by atoms with Gasteiger partial charge < -0.3 is 20.0 Å². The van der Waals surface area contributed by atoms with Crippen molar-refractivity contribution in [1.29, 1.82) is 0 Å². The molecule has 1 N–H and O–H groups in total. The lowest BCUT2D eigenvalue weighted by atomic mass is 10.1. The van der Waals surface area contributed by atoms with Gasteiger partial charge in [0.1, 0.15) is 0 Å². The predicted molar refractivity (Wildman–Crippen MR) is 104 cm³/mol. The number of benzene rings is 2. The average molecular weight is 407 g/mol. The van der Waals surface area contributed by atoms with Crippen LogP contribution < -0.4 is 10.4 Å². The lowest BCUT2D eigenvalue weighted by molar-refractivity contribution is -0.304. The number of anilines is 1. The van der Waals surface area contributed by atoms with Crippen molar-refractivity contribution < 1.29 is 29.0 Å². The van der Waals surface area contributed by atoms with Crippen LogP contribution in [-0.2, 0) is 16.0 Å². The normalized spacial score (nSPS) is 17.9. The Labute approximate surface area is 172 Å². The molecule has 30 heavy (non-hydrogen) atoms. The van der Waals surface area contributed by atoms with Gasteiger partial charge in [-0.2, -0.15) is 0 Å². The zero-order valence-corrected chi connectivity index (χ0v) is 16.1. The molecular formula is C22H19N2O6-. The van der Waals surface area contributed by atoms with Gasteiger partial charge in [-0.25, -0.2) is 0 Å². The maximum absolute atomic E-state index is 12.7. The topological polar surface area (TPSA) is 116 Å². The number of carboxylic acids is 1. The highest BCUT2D eigenvalue weighted by molar-refractivity contribution is 6.22. The molecule has 154 valence electrons. The van der Waals surface area contributed by atoms with E-state index in [2.05, 4.69) is 5.32 Å². The molecule has 8 heteroatoms. The number of hydrogen-bond donors (Lipinski definition) is 1. The number of fused-ring (bicyclic) bond motifs is 1. The number of ether oxygens (including phenoxy) is 1. The Morgan fingerprint density at radius 2 is 1.80 bits per heavy atom. The molecule has 2 heterocycles. The molecule has 0 saturated carbocycles. The summed E-state index contributed by atoms with van der Waals surface area (Å²) in [4.78, 5) is 49.7. The number of carboxylic acid groups (broad SMARTS) is 1. The first-order valence-electron chi connectivity index (χ1n) is 9.64. The number of imide groups is 1. The molecule has 2 aromatic rings. The van der Waals surface area contributed by atoms with Gasteiger partial charge in [-0.1, -0.05) is 12.1 Å². The number of carbonyl (C=O) groups excluding carboxylic acids is 4. The smallest absolute Gasteiger partial charge is 0.261 e. The van der Waals surface area contributed by atoms with Crippen LogP contribution in [0.4, 0.5) is 5.69 Å². The van der Waals surface area contributed by atoms with E-state index in [0.717, 1.165) is 12.8 Å². The van der Waals surface area contributed by atoms with Crippen LogP contribution in [-0.4, -0.2) is 47.8 Å². The highest BCUT2D eigenvalue weighted by atomic mass is 16.5. The standard InChI is InChI=1S/C22H20N2O6/c25-19(26)10-13-3-6-15(7-4-13)23-20(27)14-5-8-17-18(11-14)22(29)24(21(17)28)12-16-2-1-9-30-16/h3-8,11,16H,1-2,9-10,12H2,(H,23,27)(H,25,26)/p-1/t16-/m0/s1. The van der Waals surface area contributed by atoms with E-state index in [1.165, 1.54) is 23.1 Å². The van der Waals surface area contributed by atoms with Crippen LogP contribution in [0.2, 0.25) is 0 Å². The minimum absolute atomic E-state index is 0.144. The van der Waals surface area contributed by atoms with Crippen LogP contribution in [0.5, 0.6) is 0 Å². The largest absolute Gasteiger partial charge is 0.550 e. The molecule has 0 bridgehead atoms. The Bertz CT molecular complexity index is 1020. The molecule has 4 rings (SSSR count). The molecule has 0 aliphatic carbocycles. The minimum atomic E-state index is -1.18. The molecule has 1 atom stereocenters.